The first-order valence-electron chi connectivity index (χ1n) is 9.45. The van der Waals surface area contributed by atoms with Gasteiger partial charge in [-0.1, -0.05) is 17.7 Å². The van der Waals surface area contributed by atoms with Gasteiger partial charge < -0.3 is 15.1 Å². The Kier molecular flexibility index (Phi) is 5.83. The number of hydrogen-bond donors (Lipinski definition) is 1. The number of rotatable bonds is 4. The lowest BCUT2D eigenvalue weighted by molar-refractivity contribution is -0.384. The lowest BCUT2D eigenvalue weighted by Gasteiger charge is -2.36. The molecule has 10 heteroatoms. The first kappa shape index (κ1) is 20.5. The van der Waals surface area contributed by atoms with E-state index in [1.807, 2.05) is 17.0 Å². The number of fused-ring (bicyclic) bond motifs is 1. The van der Waals surface area contributed by atoms with Crippen LogP contribution in [0.5, 0.6) is 0 Å². The third-order valence-electron chi connectivity index (χ3n) is 5.16. The molecule has 2 amide bonds. The first-order valence-corrected chi connectivity index (χ1v) is 10.7. The molecular formula is C20H19ClN4O4S. The molecule has 8 nitrogen and oxygen atoms in total. The Morgan fingerprint density at radius 2 is 1.97 bits per heavy atom. The Hall–Kier alpha value is -2.78. The average Bonchev–Trinajstić information content (AvgIpc) is 2.74. The summed E-state index contributed by atoms with van der Waals surface area (Å²) in [7, 11) is 0. The van der Waals surface area contributed by atoms with Crippen LogP contribution in [0.1, 0.15) is 6.42 Å². The van der Waals surface area contributed by atoms with Crippen LogP contribution in [-0.4, -0.2) is 53.1 Å². The van der Waals surface area contributed by atoms with Crippen molar-refractivity contribution in [2.45, 2.75) is 16.6 Å². The molecule has 0 aliphatic carbocycles. The number of nitro groups is 1. The van der Waals surface area contributed by atoms with Gasteiger partial charge in [-0.3, -0.25) is 19.7 Å². The standard InChI is InChI=1S/C20H19ClN4O4S/c21-13-4-5-17-16(10-13)22-20(27)18(30-17)12-19(26)24-8-6-23(7-9-24)14-2-1-3-15(11-14)25(28)29/h1-5,10-11,18H,6-9,12H2,(H,22,27). The van der Waals surface area contributed by atoms with E-state index in [2.05, 4.69) is 5.32 Å². The van der Waals surface area contributed by atoms with Crippen molar-refractivity contribution in [3.63, 3.8) is 0 Å². The minimum absolute atomic E-state index is 0.0490. The maximum Gasteiger partial charge on any atom is 0.271 e. The molecule has 0 aromatic heterocycles. The molecule has 0 radical (unpaired) electrons. The zero-order valence-corrected chi connectivity index (χ0v) is 17.5. The number of carbonyl (C=O) groups excluding carboxylic acids is 2. The van der Waals surface area contributed by atoms with E-state index in [9.17, 15) is 19.7 Å². The van der Waals surface area contributed by atoms with Crippen molar-refractivity contribution in [3.8, 4) is 0 Å². The number of piperazine rings is 1. The number of anilines is 2. The summed E-state index contributed by atoms with van der Waals surface area (Å²) in [6.07, 6.45) is 0.120. The molecule has 1 N–H and O–H groups in total. The smallest absolute Gasteiger partial charge is 0.271 e. The van der Waals surface area contributed by atoms with E-state index in [-0.39, 0.29) is 23.9 Å². The minimum Gasteiger partial charge on any atom is -0.368 e. The van der Waals surface area contributed by atoms with Gasteiger partial charge in [0.15, 0.2) is 0 Å². The molecule has 2 heterocycles. The van der Waals surface area contributed by atoms with E-state index < -0.39 is 10.2 Å². The van der Waals surface area contributed by atoms with Crippen LogP contribution < -0.4 is 10.2 Å². The highest BCUT2D eigenvalue weighted by atomic mass is 35.5. The zero-order valence-electron chi connectivity index (χ0n) is 15.9. The number of thioether (sulfide) groups is 1. The van der Waals surface area contributed by atoms with Crippen molar-refractivity contribution >= 4 is 52.2 Å². The van der Waals surface area contributed by atoms with Gasteiger partial charge in [0.1, 0.15) is 0 Å². The number of amides is 2. The van der Waals surface area contributed by atoms with Gasteiger partial charge in [-0.25, -0.2) is 0 Å². The summed E-state index contributed by atoms with van der Waals surface area (Å²) in [6.45, 7) is 2.18. The van der Waals surface area contributed by atoms with Crippen LogP contribution in [0.4, 0.5) is 17.1 Å². The normalized spacial score (nSPS) is 18.6. The maximum atomic E-state index is 12.8. The topological polar surface area (TPSA) is 95.8 Å². The number of hydrogen-bond acceptors (Lipinski definition) is 6. The lowest BCUT2D eigenvalue weighted by atomic mass is 10.2. The van der Waals surface area contributed by atoms with Crippen molar-refractivity contribution in [2.24, 2.45) is 0 Å². The summed E-state index contributed by atoms with van der Waals surface area (Å²) < 4.78 is 0. The SMILES string of the molecule is O=C1Nc2cc(Cl)ccc2SC1CC(=O)N1CCN(c2cccc([N+](=O)[O-])c2)CC1. The molecule has 30 heavy (non-hydrogen) atoms. The summed E-state index contributed by atoms with van der Waals surface area (Å²) >= 11 is 7.34. The highest BCUT2D eigenvalue weighted by Crippen LogP contribution is 2.38. The molecular weight excluding hydrogens is 428 g/mol. The molecule has 2 aliphatic heterocycles. The molecule has 1 atom stereocenters. The highest BCUT2D eigenvalue weighted by Gasteiger charge is 2.31. The number of nitrogens with zero attached hydrogens (tertiary/aromatic N) is 3. The van der Waals surface area contributed by atoms with Crippen LogP contribution in [-0.2, 0) is 9.59 Å². The van der Waals surface area contributed by atoms with E-state index in [4.69, 9.17) is 11.6 Å². The van der Waals surface area contributed by atoms with Gasteiger partial charge in [0.05, 0.1) is 15.9 Å². The Morgan fingerprint density at radius 3 is 2.70 bits per heavy atom. The van der Waals surface area contributed by atoms with E-state index in [1.54, 1.807) is 29.2 Å². The second-order valence-corrected chi connectivity index (χ2v) is 8.77. The van der Waals surface area contributed by atoms with Crippen LogP contribution in [0.15, 0.2) is 47.4 Å². The van der Waals surface area contributed by atoms with Crippen molar-refractivity contribution in [1.82, 2.24) is 4.90 Å². The zero-order chi connectivity index (χ0) is 21.3. The van der Waals surface area contributed by atoms with E-state index >= 15 is 0 Å². The second-order valence-electron chi connectivity index (χ2n) is 7.09. The Balaban J connectivity index is 1.35. The number of benzene rings is 2. The molecule has 0 bridgehead atoms. The summed E-state index contributed by atoms with van der Waals surface area (Å²) in [5.41, 5.74) is 1.49. The van der Waals surface area contributed by atoms with Crippen LogP contribution in [0.3, 0.4) is 0 Å². The largest absolute Gasteiger partial charge is 0.368 e. The molecule has 4 rings (SSSR count). The Morgan fingerprint density at radius 1 is 1.20 bits per heavy atom. The summed E-state index contributed by atoms with van der Waals surface area (Å²) in [5.74, 6) is -0.267. The van der Waals surface area contributed by atoms with Crippen molar-refractivity contribution in [3.05, 3.63) is 57.6 Å². The van der Waals surface area contributed by atoms with Gasteiger partial charge in [0, 0.05) is 60.3 Å². The highest BCUT2D eigenvalue weighted by molar-refractivity contribution is 8.01. The van der Waals surface area contributed by atoms with Gasteiger partial charge in [-0.2, -0.15) is 0 Å². The minimum atomic E-state index is -0.485. The predicted molar refractivity (Wildman–Crippen MR) is 116 cm³/mol. The number of nitro benzene ring substituents is 1. The van der Waals surface area contributed by atoms with E-state index in [0.717, 1.165) is 10.6 Å². The fourth-order valence-corrected chi connectivity index (χ4v) is 4.82. The van der Waals surface area contributed by atoms with Gasteiger partial charge in [0.2, 0.25) is 11.8 Å². The molecule has 2 aromatic carbocycles. The molecule has 2 aliphatic rings. The van der Waals surface area contributed by atoms with Gasteiger partial charge in [-0.15, -0.1) is 11.8 Å². The number of non-ortho nitro benzene ring substituents is 1. The van der Waals surface area contributed by atoms with Crippen LogP contribution in [0, 0.1) is 10.1 Å². The summed E-state index contributed by atoms with van der Waals surface area (Å²) in [4.78, 5) is 40.4. The van der Waals surface area contributed by atoms with E-state index in [1.165, 1.54) is 17.8 Å². The number of nitrogens with one attached hydrogen (secondary N) is 1. The van der Waals surface area contributed by atoms with Crippen LogP contribution in [0.2, 0.25) is 5.02 Å². The monoisotopic (exact) mass is 446 g/mol. The van der Waals surface area contributed by atoms with Crippen molar-refractivity contribution < 1.29 is 14.5 Å². The third-order valence-corrected chi connectivity index (χ3v) is 6.67. The summed E-state index contributed by atoms with van der Waals surface area (Å²) in [6, 6.07) is 11.8. The van der Waals surface area contributed by atoms with Crippen molar-refractivity contribution in [2.75, 3.05) is 36.4 Å². The first-order chi connectivity index (χ1) is 14.4. The third kappa shape index (κ3) is 4.36. The molecule has 1 fully saturated rings. The van der Waals surface area contributed by atoms with Crippen molar-refractivity contribution in [1.29, 1.82) is 0 Å². The molecule has 2 aromatic rings. The fourth-order valence-electron chi connectivity index (χ4n) is 3.56. The molecule has 0 spiro atoms. The lowest BCUT2D eigenvalue weighted by Crippen LogP contribution is -2.49. The number of halogens is 1. The molecule has 156 valence electrons. The van der Waals surface area contributed by atoms with Gasteiger partial charge in [0.25, 0.3) is 5.69 Å². The predicted octanol–water partition coefficient (Wildman–Crippen LogP) is 3.40. The fraction of sp³-hybridized carbons (Fsp3) is 0.300. The summed E-state index contributed by atoms with van der Waals surface area (Å²) in [5, 5.41) is 13.9. The quantitative estimate of drug-likeness (QED) is 0.571. The van der Waals surface area contributed by atoms with Gasteiger partial charge >= 0.3 is 0 Å². The average molecular weight is 447 g/mol. The Labute approximate surface area is 182 Å². The van der Waals surface area contributed by atoms with Crippen LogP contribution in [0.25, 0.3) is 0 Å². The molecule has 0 saturated carbocycles. The molecule has 1 saturated heterocycles. The maximum absolute atomic E-state index is 12.8. The van der Waals surface area contributed by atoms with E-state index in [0.29, 0.717) is 36.9 Å². The second kappa shape index (κ2) is 8.53. The van der Waals surface area contributed by atoms with Gasteiger partial charge in [-0.05, 0) is 24.3 Å². The molecule has 1 unspecified atom stereocenters. The number of carbonyl (C=O) groups is 2. The van der Waals surface area contributed by atoms with Crippen LogP contribution >= 0.6 is 23.4 Å². The Bertz CT molecular complexity index is 1010.